The van der Waals surface area contributed by atoms with Crippen LogP contribution in [0.5, 0.6) is 0 Å². The van der Waals surface area contributed by atoms with Gasteiger partial charge in [0.1, 0.15) is 17.7 Å². The highest BCUT2D eigenvalue weighted by Crippen LogP contribution is 2.24. The Morgan fingerprint density at radius 3 is 2.61 bits per heavy atom. The molecule has 10 heteroatoms. The van der Waals surface area contributed by atoms with Gasteiger partial charge in [0.05, 0.1) is 15.7 Å². The maximum Gasteiger partial charge on any atom is 0.339 e. The molecule has 0 radical (unpaired) electrons. The van der Waals surface area contributed by atoms with Crippen LogP contribution in [-0.4, -0.2) is 35.2 Å². The van der Waals surface area contributed by atoms with E-state index < -0.39 is 29.6 Å². The lowest BCUT2D eigenvalue weighted by molar-refractivity contribution is -0.120. The Morgan fingerprint density at radius 1 is 1.21 bits per heavy atom. The zero-order valence-corrected chi connectivity index (χ0v) is 15.5. The van der Waals surface area contributed by atoms with Crippen molar-refractivity contribution in [2.75, 3.05) is 11.9 Å². The van der Waals surface area contributed by atoms with Crippen molar-refractivity contribution >= 4 is 39.2 Å². The second-order valence-electron chi connectivity index (χ2n) is 6.02. The molecule has 28 heavy (non-hydrogen) atoms. The molecule has 1 heterocycles. The molecule has 0 saturated carbocycles. The SMILES string of the molecule is CN(C(=O)[C@H](Cc1cc(F)cc(F)c1)NC(=O)NO)c1ccc2scnc2c1. The molecule has 0 bridgehead atoms. The lowest BCUT2D eigenvalue weighted by atomic mass is 10.0. The molecule has 0 spiro atoms. The van der Waals surface area contributed by atoms with Gasteiger partial charge in [-0.25, -0.2) is 24.0 Å². The highest BCUT2D eigenvalue weighted by molar-refractivity contribution is 7.16. The molecule has 1 aromatic heterocycles. The Kier molecular flexibility index (Phi) is 5.81. The molecule has 0 aliphatic rings. The van der Waals surface area contributed by atoms with Crippen molar-refractivity contribution in [3.63, 3.8) is 0 Å². The van der Waals surface area contributed by atoms with Gasteiger partial charge in [-0.3, -0.25) is 10.0 Å². The fourth-order valence-corrected chi connectivity index (χ4v) is 3.43. The molecular formula is C18H16F2N4O3S. The molecule has 0 unspecified atom stereocenters. The number of carbonyl (C=O) groups is 2. The van der Waals surface area contributed by atoms with Crippen molar-refractivity contribution in [2.45, 2.75) is 12.5 Å². The topological polar surface area (TPSA) is 94.6 Å². The molecule has 3 rings (SSSR count). The Bertz CT molecular complexity index is 1010. The van der Waals surface area contributed by atoms with Crippen LogP contribution in [0.1, 0.15) is 5.56 Å². The van der Waals surface area contributed by atoms with Gasteiger partial charge in [-0.05, 0) is 35.9 Å². The number of hydrogen-bond donors (Lipinski definition) is 3. The molecule has 3 aromatic rings. The molecule has 0 fully saturated rings. The van der Waals surface area contributed by atoms with E-state index in [1.807, 2.05) is 6.07 Å². The summed E-state index contributed by atoms with van der Waals surface area (Å²) in [5.74, 6) is -2.13. The maximum absolute atomic E-state index is 13.5. The van der Waals surface area contributed by atoms with Gasteiger partial charge in [0.15, 0.2) is 0 Å². The van der Waals surface area contributed by atoms with Crippen LogP contribution in [0.2, 0.25) is 0 Å². The van der Waals surface area contributed by atoms with E-state index in [4.69, 9.17) is 5.21 Å². The number of thiazole rings is 1. The summed E-state index contributed by atoms with van der Waals surface area (Å²) in [5, 5.41) is 11.0. The average Bonchev–Trinajstić information content (AvgIpc) is 3.13. The van der Waals surface area contributed by atoms with Crippen molar-refractivity contribution in [1.29, 1.82) is 0 Å². The minimum absolute atomic E-state index is 0.176. The molecule has 7 nitrogen and oxygen atoms in total. The van der Waals surface area contributed by atoms with Crippen LogP contribution in [0.25, 0.3) is 10.2 Å². The first-order valence-corrected chi connectivity index (χ1v) is 9.01. The minimum Gasteiger partial charge on any atom is -0.324 e. The summed E-state index contributed by atoms with van der Waals surface area (Å²) in [6.45, 7) is 0. The lowest BCUT2D eigenvalue weighted by Crippen LogP contribution is -2.51. The van der Waals surface area contributed by atoms with E-state index in [1.54, 1.807) is 17.6 Å². The largest absolute Gasteiger partial charge is 0.339 e. The number of anilines is 1. The number of hydrogen-bond acceptors (Lipinski definition) is 5. The molecule has 0 aliphatic heterocycles. The molecule has 3 N–H and O–H groups in total. The van der Waals surface area contributed by atoms with E-state index in [-0.39, 0.29) is 12.0 Å². The summed E-state index contributed by atoms with van der Waals surface area (Å²) in [6.07, 6.45) is -0.176. The number of urea groups is 1. The maximum atomic E-state index is 13.5. The molecule has 0 aliphatic carbocycles. The van der Waals surface area contributed by atoms with Gasteiger partial charge in [-0.1, -0.05) is 0 Å². The van der Waals surface area contributed by atoms with Crippen LogP contribution < -0.4 is 15.7 Å². The molecule has 0 saturated heterocycles. The Balaban J connectivity index is 1.86. The van der Waals surface area contributed by atoms with Gasteiger partial charge in [-0.2, -0.15) is 0 Å². The minimum atomic E-state index is -1.18. The van der Waals surface area contributed by atoms with Gasteiger partial charge in [0.25, 0.3) is 0 Å². The number of rotatable bonds is 5. The highest BCUT2D eigenvalue weighted by Gasteiger charge is 2.26. The normalized spacial score (nSPS) is 11.9. The van der Waals surface area contributed by atoms with Gasteiger partial charge in [0.2, 0.25) is 5.91 Å². The average molecular weight is 406 g/mol. The third-order valence-corrected chi connectivity index (χ3v) is 4.91. The second kappa shape index (κ2) is 8.28. The second-order valence-corrected chi connectivity index (χ2v) is 6.91. The summed E-state index contributed by atoms with van der Waals surface area (Å²) in [4.78, 5) is 30.0. The summed E-state index contributed by atoms with van der Waals surface area (Å²) < 4.78 is 27.9. The van der Waals surface area contributed by atoms with Gasteiger partial charge in [-0.15, -0.1) is 11.3 Å². The number of benzene rings is 2. The quantitative estimate of drug-likeness (QED) is 0.449. The van der Waals surface area contributed by atoms with Crippen molar-refractivity contribution in [3.05, 3.63) is 59.1 Å². The summed E-state index contributed by atoms with van der Waals surface area (Å²) >= 11 is 1.46. The number of halogens is 2. The van der Waals surface area contributed by atoms with E-state index >= 15 is 0 Å². The van der Waals surface area contributed by atoms with Crippen LogP contribution in [0.15, 0.2) is 41.9 Å². The number of nitrogens with zero attached hydrogens (tertiary/aromatic N) is 2. The summed E-state index contributed by atoms with van der Waals surface area (Å²) in [6, 6.07) is 5.92. The predicted molar refractivity (Wildman–Crippen MR) is 100 cm³/mol. The van der Waals surface area contributed by atoms with Crippen LogP contribution >= 0.6 is 11.3 Å². The highest BCUT2D eigenvalue weighted by atomic mass is 32.1. The zero-order chi connectivity index (χ0) is 20.3. The molecule has 1 atom stereocenters. The number of hydroxylamine groups is 1. The Labute approximate surface area is 162 Å². The summed E-state index contributed by atoms with van der Waals surface area (Å²) in [7, 11) is 1.51. The molecule has 146 valence electrons. The molecule has 3 amide bonds. The van der Waals surface area contributed by atoms with E-state index in [9.17, 15) is 18.4 Å². The lowest BCUT2D eigenvalue weighted by Gasteiger charge is -2.24. The third kappa shape index (κ3) is 4.41. The van der Waals surface area contributed by atoms with Crippen LogP contribution in [0, 0.1) is 11.6 Å². The van der Waals surface area contributed by atoms with Crippen molar-refractivity contribution in [2.24, 2.45) is 0 Å². The molecule has 2 aromatic carbocycles. The fraction of sp³-hybridized carbons (Fsp3) is 0.167. The van der Waals surface area contributed by atoms with E-state index in [1.165, 1.54) is 28.8 Å². The Hall–Kier alpha value is -3.11. The van der Waals surface area contributed by atoms with E-state index in [0.717, 1.165) is 16.8 Å². The van der Waals surface area contributed by atoms with Gasteiger partial charge in [0, 0.05) is 25.2 Å². The van der Waals surface area contributed by atoms with Gasteiger partial charge >= 0.3 is 6.03 Å². The van der Waals surface area contributed by atoms with Crippen molar-refractivity contribution in [1.82, 2.24) is 15.8 Å². The number of nitrogens with one attached hydrogen (secondary N) is 2. The van der Waals surface area contributed by atoms with Crippen LogP contribution in [0.4, 0.5) is 19.3 Å². The smallest absolute Gasteiger partial charge is 0.324 e. The summed E-state index contributed by atoms with van der Waals surface area (Å²) in [5.41, 5.74) is 4.49. The number of likely N-dealkylation sites (N-methyl/N-ethyl adjacent to an activating group) is 1. The zero-order valence-electron chi connectivity index (χ0n) is 14.6. The standard InChI is InChI=1S/C18H16F2N4O3S/c1-24(13-2-3-16-14(8-13)21-9-28-16)17(25)15(22-18(26)23-27)6-10-4-11(19)7-12(20)5-10/h2-5,7-9,15,27H,6H2,1H3,(H2,22,23,26)/t15-/m0/s1. The van der Waals surface area contributed by atoms with Gasteiger partial charge < -0.3 is 10.2 Å². The first kappa shape index (κ1) is 19.6. The monoisotopic (exact) mass is 406 g/mol. The molecular weight excluding hydrogens is 390 g/mol. The van der Waals surface area contributed by atoms with E-state index in [0.29, 0.717) is 17.3 Å². The number of fused-ring (bicyclic) bond motifs is 1. The van der Waals surface area contributed by atoms with Crippen molar-refractivity contribution in [3.8, 4) is 0 Å². The number of carbonyl (C=O) groups excluding carboxylic acids is 2. The first-order valence-electron chi connectivity index (χ1n) is 8.14. The first-order chi connectivity index (χ1) is 13.4. The van der Waals surface area contributed by atoms with Crippen LogP contribution in [-0.2, 0) is 11.2 Å². The fourth-order valence-electron chi connectivity index (χ4n) is 2.77. The third-order valence-electron chi connectivity index (χ3n) is 4.10. The Morgan fingerprint density at radius 2 is 1.93 bits per heavy atom. The number of amides is 3. The van der Waals surface area contributed by atoms with E-state index in [2.05, 4.69) is 10.3 Å². The van der Waals surface area contributed by atoms with Crippen LogP contribution in [0.3, 0.4) is 0 Å². The predicted octanol–water partition coefficient (Wildman–Crippen LogP) is 2.84. The van der Waals surface area contributed by atoms with Crippen molar-refractivity contribution < 1.29 is 23.6 Å². The number of aromatic nitrogens is 1.